The molecule has 0 radical (unpaired) electrons. The van der Waals surface area contributed by atoms with Gasteiger partial charge in [0, 0.05) is 36.1 Å². The predicted molar refractivity (Wildman–Crippen MR) is 122 cm³/mol. The maximum atomic E-state index is 13.9. The summed E-state index contributed by atoms with van der Waals surface area (Å²) in [6, 6.07) is 20.5. The Morgan fingerprint density at radius 3 is 2.58 bits per heavy atom. The number of carbonyl (C=O) groups excluding carboxylic acids is 1. The Kier molecular flexibility index (Phi) is 6.79. The summed E-state index contributed by atoms with van der Waals surface area (Å²) in [6.45, 7) is 0.223. The van der Waals surface area contributed by atoms with Crippen LogP contribution in [0.25, 0.3) is 5.69 Å². The van der Waals surface area contributed by atoms with Crippen molar-refractivity contribution < 1.29 is 9.18 Å². The SMILES string of the molecule is CN(Cc1ccccc1F)C(=O)CSc1nnc(Cc2cccs2)n1-c1ccccc1. The summed E-state index contributed by atoms with van der Waals surface area (Å²) in [5.41, 5.74) is 1.45. The van der Waals surface area contributed by atoms with Crippen LogP contribution in [-0.2, 0) is 17.8 Å². The molecule has 8 heteroatoms. The minimum atomic E-state index is -0.308. The maximum Gasteiger partial charge on any atom is 0.233 e. The zero-order valence-electron chi connectivity index (χ0n) is 16.9. The molecular formula is C23H21FN4OS2. The second-order valence-corrected chi connectivity index (χ2v) is 8.93. The molecule has 2 aromatic carbocycles. The largest absolute Gasteiger partial charge is 0.341 e. The van der Waals surface area contributed by atoms with E-state index in [-0.39, 0.29) is 24.0 Å². The van der Waals surface area contributed by atoms with Crippen LogP contribution < -0.4 is 0 Å². The average Bonchev–Trinajstić information content (AvgIpc) is 3.44. The third-order valence-electron chi connectivity index (χ3n) is 4.74. The van der Waals surface area contributed by atoms with Crippen LogP contribution in [0.1, 0.15) is 16.3 Å². The zero-order chi connectivity index (χ0) is 21.6. The lowest BCUT2D eigenvalue weighted by Crippen LogP contribution is -2.28. The number of para-hydroxylation sites is 1. The summed E-state index contributed by atoms with van der Waals surface area (Å²) >= 11 is 3.01. The molecule has 31 heavy (non-hydrogen) atoms. The Labute approximate surface area is 188 Å². The van der Waals surface area contributed by atoms with Gasteiger partial charge in [-0.2, -0.15) is 0 Å². The minimum absolute atomic E-state index is 0.101. The van der Waals surface area contributed by atoms with Crippen LogP contribution in [0.4, 0.5) is 4.39 Å². The third-order valence-corrected chi connectivity index (χ3v) is 6.53. The van der Waals surface area contributed by atoms with Crippen LogP contribution in [0.5, 0.6) is 0 Å². The van der Waals surface area contributed by atoms with E-state index in [0.717, 1.165) is 11.5 Å². The van der Waals surface area contributed by atoms with Gasteiger partial charge in [0.2, 0.25) is 5.91 Å². The summed E-state index contributed by atoms with van der Waals surface area (Å²) in [7, 11) is 1.68. The monoisotopic (exact) mass is 452 g/mol. The lowest BCUT2D eigenvalue weighted by atomic mass is 10.2. The highest BCUT2D eigenvalue weighted by Gasteiger charge is 2.18. The Bertz CT molecular complexity index is 1150. The average molecular weight is 453 g/mol. The summed E-state index contributed by atoms with van der Waals surface area (Å²) in [4.78, 5) is 15.4. The number of hydrogen-bond acceptors (Lipinski definition) is 5. The lowest BCUT2D eigenvalue weighted by molar-refractivity contribution is -0.127. The fourth-order valence-electron chi connectivity index (χ4n) is 3.12. The molecule has 158 valence electrons. The van der Waals surface area contributed by atoms with Crippen molar-refractivity contribution >= 4 is 29.0 Å². The summed E-state index contributed by atoms with van der Waals surface area (Å²) in [5.74, 6) is 0.602. The van der Waals surface area contributed by atoms with Crippen molar-refractivity contribution in [1.82, 2.24) is 19.7 Å². The van der Waals surface area contributed by atoms with Crippen molar-refractivity contribution in [2.45, 2.75) is 18.1 Å². The van der Waals surface area contributed by atoms with Crippen molar-refractivity contribution in [3.05, 3.63) is 94.2 Å². The Morgan fingerprint density at radius 2 is 1.84 bits per heavy atom. The number of nitrogens with zero attached hydrogens (tertiary/aromatic N) is 4. The highest BCUT2D eigenvalue weighted by Crippen LogP contribution is 2.25. The standard InChI is InChI=1S/C23H21FN4OS2/c1-27(15-17-8-5-6-12-20(17)24)22(29)16-31-23-26-25-21(14-19-11-7-13-30-19)28(23)18-9-3-2-4-10-18/h2-13H,14-16H2,1H3. The van der Waals surface area contributed by atoms with Crippen molar-refractivity contribution in [3.8, 4) is 5.69 Å². The molecule has 0 aliphatic carbocycles. The molecule has 0 atom stereocenters. The molecule has 2 aromatic heterocycles. The third kappa shape index (κ3) is 5.21. The smallest absolute Gasteiger partial charge is 0.233 e. The van der Waals surface area contributed by atoms with Crippen LogP contribution in [0, 0.1) is 5.82 Å². The van der Waals surface area contributed by atoms with E-state index in [9.17, 15) is 9.18 Å². The number of aromatic nitrogens is 3. The van der Waals surface area contributed by atoms with Gasteiger partial charge in [0.1, 0.15) is 11.6 Å². The maximum absolute atomic E-state index is 13.9. The molecule has 0 spiro atoms. The van der Waals surface area contributed by atoms with Crippen molar-refractivity contribution in [1.29, 1.82) is 0 Å². The van der Waals surface area contributed by atoms with Gasteiger partial charge in [-0.15, -0.1) is 21.5 Å². The highest BCUT2D eigenvalue weighted by molar-refractivity contribution is 7.99. The van der Waals surface area contributed by atoms with Gasteiger partial charge in [-0.05, 0) is 29.6 Å². The van der Waals surface area contributed by atoms with Gasteiger partial charge in [0.05, 0.1) is 5.75 Å². The van der Waals surface area contributed by atoms with Gasteiger partial charge in [-0.3, -0.25) is 9.36 Å². The van der Waals surface area contributed by atoms with Crippen LogP contribution in [-0.4, -0.2) is 38.4 Å². The molecule has 0 bridgehead atoms. The Balaban J connectivity index is 1.49. The van der Waals surface area contributed by atoms with Gasteiger partial charge < -0.3 is 4.90 Å². The van der Waals surface area contributed by atoms with Crippen molar-refractivity contribution in [3.63, 3.8) is 0 Å². The van der Waals surface area contributed by atoms with Crippen molar-refractivity contribution in [2.24, 2.45) is 0 Å². The number of halogens is 1. The fourth-order valence-corrected chi connectivity index (χ4v) is 4.73. The van der Waals surface area contributed by atoms with E-state index in [2.05, 4.69) is 16.3 Å². The number of thioether (sulfide) groups is 1. The molecule has 4 aromatic rings. The number of hydrogen-bond donors (Lipinski definition) is 0. The first-order valence-electron chi connectivity index (χ1n) is 9.74. The summed E-state index contributed by atoms with van der Waals surface area (Å²) < 4.78 is 15.9. The van der Waals surface area contributed by atoms with E-state index in [1.807, 2.05) is 46.3 Å². The van der Waals surface area contributed by atoms with Gasteiger partial charge in [0.15, 0.2) is 5.16 Å². The molecular weight excluding hydrogens is 431 g/mol. The molecule has 0 fully saturated rings. The first kappa shape index (κ1) is 21.3. The number of benzene rings is 2. The molecule has 0 saturated heterocycles. The fraction of sp³-hybridized carbons (Fsp3) is 0.174. The molecule has 5 nitrogen and oxygen atoms in total. The second-order valence-electron chi connectivity index (χ2n) is 6.96. The molecule has 0 unspecified atom stereocenters. The summed E-state index contributed by atoms with van der Waals surface area (Å²) in [5, 5.41) is 11.4. The molecule has 1 amide bonds. The van der Waals surface area contributed by atoms with Gasteiger partial charge >= 0.3 is 0 Å². The molecule has 2 heterocycles. The Morgan fingerprint density at radius 1 is 1.06 bits per heavy atom. The normalized spacial score (nSPS) is 10.9. The quantitative estimate of drug-likeness (QED) is 0.360. The molecule has 0 aliphatic rings. The number of thiophene rings is 1. The van der Waals surface area contributed by atoms with E-state index >= 15 is 0 Å². The van der Waals surface area contributed by atoms with Gasteiger partial charge in [-0.25, -0.2) is 4.39 Å². The van der Waals surface area contributed by atoms with Crippen LogP contribution >= 0.6 is 23.1 Å². The van der Waals surface area contributed by atoms with E-state index in [4.69, 9.17) is 0 Å². The topological polar surface area (TPSA) is 51.0 Å². The predicted octanol–water partition coefficient (Wildman–Crippen LogP) is 4.81. The van der Waals surface area contributed by atoms with Crippen LogP contribution in [0.3, 0.4) is 0 Å². The van der Waals surface area contributed by atoms with Crippen LogP contribution in [0.2, 0.25) is 0 Å². The van der Waals surface area contributed by atoms with E-state index < -0.39 is 0 Å². The van der Waals surface area contributed by atoms with Gasteiger partial charge in [-0.1, -0.05) is 54.2 Å². The molecule has 0 aliphatic heterocycles. The molecule has 0 saturated carbocycles. The first-order chi connectivity index (χ1) is 15.1. The number of amides is 1. The highest BCUT2D eigenvalue weighted by atomic mass is 32.2. The van der Waals surface area contributed by atoms with E-state index in [1.54, 1.807) is 36.6 Å². The first-order valence-corrected chi connectivity index (χ1v) is 11.6. The van der Waals surface area contributed by atoms with E-state index in [1.165, 1.54) is 27.6 Å². The van der Waals surface area contributed by atoms with Gasteiger partial charge in [0.25, 0.3) is 0 Å². The lowest BCUT2D eigenvalue weighted by Gasteiger charge is -2.17. The van der Waals surface area contributed by atoms with Crippen molar-refractivity contribution in [2.75, 3.05) is 12.8 Å². The second kappa shape index (κ2) is 9.89. The van der Waals surface area contributed by atoms with Crippen LogP contribution in [0.15, 0.2) is 77.3 Å². The molecule has 0 N–H and O–H groups in total. The minimum Gasteiger partial charge on any atom is -0.341 e. The summed E-state index contributed by atoms with van der Waals surface area (Å²) in [6.07, 6.45) is 0.668. The number of rotatable bonds is 8. The Hall–Kier alpha value is -2.97. The molecule has 4 rings (SSSR count). The number of carbonyl (C=O) groups is 1. The van der Waals surface area contributed by atoms with E-state index in [0.29, 0.717) is 17.1 Å². The zero-order valence-corrected chi connectivity index (χ0v) is 18.6.